The van der Waals surface area contributed by atoms with Crippen LogP contribution in [0.15, 0.2) is 30.5 Å². The fourth-order valence-corrected chi connectivity index (χ4v) is 3.13. The second-order valence-corrected chi connectivity index (χ2v) is 6.43. The van der Waals surface area contributed by atoms with Gasteiger partial charge in [0.2, 0.25) is 0 Å². The third-order valence-electron chi connectivity index (χ3n) is 4.19. The van der Waals surface area contributed by atoms with E-state index in [4.69, 9.17) is 10.5 Å². The van der Waals surface area contributed by atoms with Gasteiger partial charge in [-0.3, -0.25) is 4.79 Å². The second kappa shape index (κ2) is 9.01. The van der Waals surface area contributed by atoms with Crippen LogP contribution in [-0.2, 0) is 0 Å². The van der Waals surface area contributed by atoms with Crippen LogP contribution in [0.2, 0.25) is 0 Å². The summed E-state index contributed by atoms with van der Waals surface area (Å²) in [5.74, 6) is 0.679. The molecule has 0 fully saturated rings. The molecule has 0 radical (unpaired) electrons. The fraction of sp³-hybridized carbons (Fsp3) is 0.412. The highest BCUT2D eigenvalue weighted by Gasteiger charge is 2.27. The highest BCUT2D eigenvalue weighted by molar-refractivity contribution is 7.16. The summed E-state index contributed by atoms with van der Waals surface area (Å²) in [6.07, 6.45) is 3.22. The molecule has 2 rings (SSSR count). The maximum atomic E-state index is 12.5. The van der Waals surface area contributed by atoms with Gasteiger partial charge in [0, 0.05) is 12.1 Å². The van der Waals surface area contributed by atoms with Crippen molar-refractivity contribution in [1.29, 1.82) is 0 Å². The van der Waals surface area contributed by atoms with Gasteiger partial charge in [-0.2, -0.15) is 0 Å². The average molecular weight is 370 g/mol. The van der Waals surface area contributed by atoms with Crippen LogP contribution >= 0.6 is 23.7 Å². The van der Waals surface area contributed by atoms with Gasteiger partial charge >= 0.3 is 0 Å². The predicted molar refractivity (Wildman–Crippen MR) is 101 cm³/mol. The van der Waals surface area contributed by atoms with Gasteiger partial charge in [-0.05, 0) is 37.1 Å². The Morgan fingerprint density at radius 3 is 2.42 bits per heavy atom. The summed E-state index contributed by atoms with van der Waals surface area (Å²) in [5.41, 5.74) is 6.46. The van der Waals surface area contributed by atoms with Crippen molar-refractivity contribution >= 4 is 29.7 Å². The topological polar surface area (TPSA) is 77.2 Å². The summed E-state index contributed by atoms with van der Waals surface area (Å²) in [6.45, 7) is 4.49. The molecule has 0 saturated carbocycles. The zero-order valence-corrected chi connectivity index (χ0v) is 15.8. The van der Waals surface area contributed by atoms with E-state index in [0.29, 0.717) is 11.4 Å². The maximum Gasteiger partial charge on any atom is 0.263 e. The largest absolute Gasteiger partial charge is 0.497 e. The molecule has 2 aromatic rings. The molecule has 1 amide bonds. The highest BCUT2D eigenvalue weighted by Crippen LogP contribution is 2.27. The quantitative estimate of drug-likeness (QED) is 0.783. The van der Waals surface area contributed by atoms with E-state index in [-0.39, 0.29) is 23.9 Å². The van der Waals surface area contributed by atoms with E-state index in [0.717, 1.165) is 29.2 Å². The summed E-state index contributed by atoms with van der Waals surface area (Å²) in [6, 6.07) is 7.62. The van der Waals surface area contributed by atoms with Crippen molar-refractivity contribution in [2.45, 2.75) is 32.2 Å². The Labute approximate surface area is 153 Å². The third-order valence-corrected chi connectivity index (χ3v) is 5.23. The smallest absolute Gasteiger partial charge is 0.263 e. The lowest BCUT2D eigenvalue weighted by Gasteiger charge is -2.31. The number of carbonyl (C=O) groups excluding carboxylic acids is 1. The third kappa shape index (κ3) is 4.47. The van der Waals surface area contributed by atoms with Gasteiger partial charge in [-0.15, -0.1) is 23.7 Å². The van der Waals surface area contributed by atoms with E-state index in [9.17, 15) is 4.79 Å². The van der Waals surface area contributed by atoms with Crippen LogP contribution in [0.25, 0.3) is 10.6 Å². The van der Waals surface area contributed by atoms with Gasteiger partial charge in [0.1, 0.15) is 15.6 Å². The zero-order valence-electron chi connectivity index (χ0n) is 14.2. The zero-order chi connectivity index (χ0) is 16.9. The molecule has 0 spiro atoms. The number of carbonyl (C=O) groups is 1. The number of nitrogens with one attached hydrogen (secondary N) is 1. The number of hydrogen-bond acceptors (Lipinski definition) is 5. The number of halogens is 1. The summed E-state index contributed by atoms with van der Waals surface area (Å²) in [4.78, 5) is 17.4. The molecule has 1 heterocycles. The molecule has 3 N–H and O–H groups in total. The molecule has 0 atom stereocenters. The molecule has 0 aliphatic carbocycles. The number of hydrogen-bond donors (Lipinski definition) is 2. The van der Waals surface area contributed by atoms with Crippen molar-refractivity contribution in [2.24, 2.45) is 5.73 Å². The van der Waals surface area contributed by atoms with Crippen LogP contribution in [0.4, 0.5) is 0 Å². The van der Waals surface area contributed by atoms with Gasteiger partial charge < -0.3 is 15.8 Å². The monoisotopic (exact) mass is 369 g/mol. The standard InChI is InChI=1S/C17H23N3O2S.ClH/c1-4-17(5-2,11-18)20-15(21)14-10-19-16(23-14)12-6-8-13(22-3)9-7-12;/h6-10H,4-5,11,18H2,1-3H3,(H,20,21);1H. The number of nitrogens with two attached hydrogens (primary N) is 1. The molecular weight excluding hydrogens is 346 g/mol. The van der Waals surface area contributed by atoms with E-state index < -0.39 is 0 Å². The van der Waals surface area contributed by atoms with Crippen molar-refractivity contribution in [3.8, 4) is 16.3 Å². The van der Waals surface area contributed by atoms with E-state index >= 15 is 0 Å². The summed E-state index contributed by atoms with van der Waals surface area (Å²) >= 11 is 1.37. The van der Waals surface area contributed by atoms with Crippen LogP contribution in [0.3, 0.4) is 0 Å². The molecular formula is C17H24ClN3O2S. The van der Waals surface area contributed by atoms with E-state index in [2.05, 4.69) is 10.3 Å². The molecule has 0 aliphatic rings. The fourth-order valence-electron chi connectivity index (χ4n) is 2.32. The van der Waals surface area contributed by atoms with Crippen molar-refractivity contribution < 1.29 is 9.53 Å². The average Bonchev–Trinajstić information content (AvgIpc) is 3.10. The normalized spacial score (nSPS) is 10.8. The van der Waals surface area contributed by atoms with Crippen molar-refractivity contribution in [1.82, 2.24) is 10.3 Å². The number of nitrogens with zero attached hydrogens (tertiary/aromatic N) is 1. The number of methoxy groups -OCH3 is 1. The number of aromatic nitrogens is 1. The lowest BCUT2D eigenvalue weighted by Crippen LogP contribution is -2.52. The van der Waals surface area contributed by atoms with Crippen LogP contribution in [-0.4, -0.2) is 30.1 Å². The van der Waals surface area contributed by atoms with Crippen molar-refractivity contribution in [3.63, 3.8) is 0 Å². The molecule has 7 heteroatoms. The molecule has 24 heavy (non-hydrogen) atoms. The van der Waals surface area contributed by atoms with E-state index in [1.807, 2.05) is 38.1 Å². The first-order valence-corrected chi connectivity index (χ1v) is 8.52. The SMILES string of the molecule is CCC(CC)(CN)NC(=O)c1cnc(-c2ccc(OC)cc2)s1.Cl. The molecule has 1 aromatic heterocycles. The molecule has 1 aromatic carbocycles. The Morgan fingerprint density at radius 1 is 1.29 bits per heavy atom. The number of ether oxygens (including phenoxy) is 1. The lowest BCUT2D eigenvalue weighted by molar-refractivity contribution is 0.0899. The van der Waals surface area contributed by atoms with Crippen molar-refractivity contribution in [2.75, 3.05) is 13.7 Å². The maximum absolute atomic E-state index is 12.5. The molecule has 0 saturated heterocycles. The molecule has 0 aliphatic heterocycles. The van der Waals surface area contributed by atoms with Crippen molar-refractivity contribution in [3.05, 3.63) is 35.3 Å². The Morgan fingerprint density at radius 2 is 1.92 bits per heavy atom. The molecule has 132 valence electrons. The minimum Gasteiger partial charge on any atom is -0.497 e. The number of thiazole rings is 1. The minimum absolute atomic E-state index is 0. The summed E-state index contributed by atoms with van der Waals surface area (Å²) < 4.78 is 5.15. The van der Waals surface area contributed by atoms with Crippen LogP contribution in [0.5, 0.6) is 5.75 Å². The number of amides is 1. The molecule has 5 nitrogen and oxygen atoms in total. The first kappa shape index (κ1) is 20.4. The van der Waals surface area contributed by atoms with Gasteiger partial charge in [-0.25, -0.2) is 4.98 Å². The Kier molecular flexibility index (Phi) is 7.66. The first-order chi connectivity index (χ1) is 11.1. The van der Waals surface area contributed by atoms with Crippen LogP contribution < -0.4 is 15.8 Å². The van der Waals surface area contributed by atoms with Crippen LogP contribution in [0.1, 0.15) is 36.4 Å². The Bertz CT molecular complexity index is 646. The predicted octanol–water partition coefficient (Wildman–Crippen LogP) is 3.49. The number of rotatable bonds is 7. The van der Waals surface area contributed by atoms with Gasteiger partial charge in [0.05, 0.1) is 18.8 Å². The van der Waals surface area contributed by atoms with Crippen LogP contribution in [0, 0.1) is 0 Å². The minimum atomic E-state index is -0.346. The summed E-state index contributed by atoms with van der Waals surface area (Å²) in [7, 11) is 1.63. The van der Waals surface area contributed by atoms with E-state index in [1.165, 1.54) is 11.3 Å². The second-order valence-electron chi connectivity index (χ2n) is 5.40. The van der Waals surface area contributed by atoms with Gasteiger partial charge in [0.15, 0.2) is 0 Å². The molecule has 0 bridgehead atoms. The first-order valence-electron chi connectivity index (χ1n) is 7.70. The molecule has 0 unspecified atom stereocenters. The van der Waals surface area contributed by atoms with Gasteiger partial charge in [0.25, 0.3) is 5.91 Å². The number of benzene rings is 1. The lowest BCUT2D eigenvalue weighted by atomic mass is 9.93. The Hall–Kier alpha value is -1.63. The summed E-state index contributed by atoms with van der Waals surface area (Å²) in [5, 5.41) is 3.87. The Balaban J connectivity index is 0.00000288. The van der Waals surface area contributed by atoms with E-state index in [1.54, 1.807) is 13.3 Å². The van der Waals surface area contributed by atoms with Gasteiger partial charge in [-0.1, -0.05) is 13.8 Å². The highest BCUT2D eigenvalue weighted by atomic mass is 35.5.